The smallest absolute Gasteiger partial charge is 0.224 e. The summed E-state index contributed by atoms with van der Waals surface area (Å²) in [6.45, 7) is 5.99. The van der Waals surface area contributed by atoms with E-state index in [4.69, 9.17) is 0 Å². The fourth-order valence-electron chi connectivity index (χ4n) is 2.97. The van der Waals surface area contributed by atoms with Crippen molar-refractivity contribution in [2.75, 3.05) is 39.3 Å². The van der Waals surface area contributed by atoms with Crippen molar-refractivity contribution in [3.8, 4) is 0 Å². The Bertz CT molecular complexity index is 663. The lowest BCUT2D eigenvalue weighted by Crippen LogP contribution is -2.41. The molecule has 154 valence electrons. The number of guanidine groups is 1. The van der Waals surface area contributed by atoms with Crippen molar-refractivity contribution in [1.82, 2.24) is 20.9 Å². The van der Waals surface area contributed by atoms with E-state index in [0.717, 1.165) is 38.0 Å². The number of hydrogen-bond donors (Lipinski definition) is 3. The molecular weight excluding hydrogens is 361 g/mol. The highest BCUT2D eigenvalue weighted by Gasteiger charge is 2.18. The van der Waals surface area contributed by atoms with Gasteiger partial charge in [-0.15, -0.1) is 0 Å². The summed E-state index contributed by atoms with van der Waals surface area (Å²) < 4.78 is 12.9. The number of hydrogen-bond acceptors (Lipinski definition) is 3. The van der Waals surface area contributed by atoms with Gasteiger partial charge in [-0.1, -0.05) is 12.1 Å². The molecule has 7 nitrogen and oxygen atoms in total. The van der Waals surface area contributed by atoms with Crippen molar-refractivity contribution < 1.29 is 14.0 Å². The Labute approximate surface area is 165 Å². The fraction of sp³-hybridized carbons (Fsp3) is 0.550. The summed E-state index contributed by atoms with van der Waals surface area (Å²) in [5.41, 5.74) is 0.776. The SMILES string of the molecule is CCNC(=NCCCN1CCCC1=O)NCCNC(=O)Cc1ccc(F)cc1. The number of carbonyl (C=O) groups is 2. The summed E-state index contributed by atoms with van der Waals surface area (Å²) in [7, 11) is 0. The number of likely N-dealkylation sites (tertiary alicyclic amines) is 1. The van der Waals surface area contributed by atoms with Gasteiger partial charge < -0.3 is 20.9 Å². The number of nitrogens with one attached hydrogen (secondary N) is 3. The maximum atomic E-state index is 12.9. The highest BCUT2D eigenvalue weighted by molar-refractivity contribution is 5.80. The van der Waals surface area contributed by atoms with Gasteiger partial charge in [0.2, 0.25) is 11.8 Å². The van der Waals surface area contributed by atoms with E-state index in [9.17, 15) is 14.0 Å². The van der Waals surface area contributed by atoms with Gasteiger partial charge in [0.15, 0.2) is 5.96 Å². The van der Waals surface area contributed by atoms with Crippen molar-refractivity contribution in [2.24, 2.45) is 4.99 Å². The topological polar surface area (TPSA) is 85.8 Å². The van der Waals surface area contributed by atoms with Gasteiger partial charge in [0.25, 0.3) is 0 Å². The van der Waals surface area contributed by atoms with Crippen LogP contribution in [0.25, 0.3) is 0 Å². The molecule has 0 aliphatic carbocycles. The maximum absolute atomic E-state index is 12.9. The third-order valence-corrected chi connectivity index (χ3v) is 4.39. The molecule has 8 heteroatoms. The highest BCUT2D eigenvalue weighted by atomic mass is 19.1. The van der Waals surface area contributed by atoms with Gasteiger partial charge in [0.05, 0.1) is 6.42 Å². The maximum Gasteiger partial charge on any atom is 0.224 e. The Balaban J connectivity index is 1.62. The summed E-state index contributed by atoms with van der Waals surface area (Å²) in [6, 6.07) is 5.92. The zero-order valence-corrected chi connectivity index (χ0v) is 16.5. The number of rotatable bonds is 10. The fourth-order valence-corrected chi connectivity index (χ4v) is 2.97. The summed E-state index contributed by atoms with van der Waals surface area (Å²) in [4.78, 5) is 29.9. The molecule has 0 aromatic heterocycles. The standard InChI is InChI=1S/C20H30FN5O2/c1-2-22-20(24-10-4-14-26-13-3-5-19(26)28)25-12-11-23-18(27)15-16-6-8-17(21)9-7-16/h6-9H,2-5,10-15H2,1H3,(H,23,27)(H2,22,24,25). The molecule has 3 N–H and O–H groups in total. The van der Waals surface area contributed by atoms with Crippen LogP contribution >= 0.6 is 0 Å². The van der Waals surface area contributed by atoms with Crippen LogP contribution in [0.15, 0.2) is 29.3 Å². The Morgan fingerprint density at radius 2 is 1.93 bits per heavy atom. The number of halogens is 1. The van der Waals surface area contributed by atoms with Crippen molar-refractivity contribution in [3.63, 3.8) is 0 Å². The summed E-state index contributed by atoms with van der Waals surface area (Å²) in [6.07, 6.45) is 2.68. The number of carbonyl (C=O) groups excluding carboxylic acids is 2. The second-order valence-electron chi connectivity index (χ2n) is 6.68. The van der Waals surface area contributed by atoms with Gasteiger partial charge in [0.1, 0.15) is 5.82 Å². The number of benzene rings is 1. The quantitative estimate of drug-likeness (QED) is 0.316. The summed E-state index contributed by atoms with van der Waals surface area (Å²) in [5, 5.41) is 9.17. The Morgan fingerprint density at radius 1 is 1.18 bits per heavy atom. The Morgan fingerprint density at radius 3 is 2.61 bits per heavy atom. The first-order valence-corrected chi connectivity index (χ1v) is 9.89. The van der Waals surface area contributed by atoms with E-state index in [1.54, 1.807) is 12.1 Å². The molecule has 1 aliphatic rings. The zero-order chi connectivity index (χ0) is 20.2. The zero-order valence-electron chi connectivity index (χ0n) is 16.5. The minimum absolute atomic E-state index is 0.106. The lowest BCUT2D eigenvalue weighted by molar-refractivity contribution is -0.127. The molecule has 1 aromatic carbocycles. The first-order valence-electron chi connectivity index (χ1n) is 9.89. The summed E-state index contributed by atoms with van der Waals surface area (Å²) in [5.74, 6) is 0.523. The molecule has 1 heterocycles. The van der Waals surface area contributed by atoms with Crippen LogP contribution in [0.3, 0.4) is 0 Å². The second-order valence-corrected chi connectivity index (χ2v) is 6.68. The molecule has 0 saturated carbocycles. The summed E-state index contributed by atoms with van der Waals surface area (Å²) >= 11 is 0. The third kappa shape index (κ3) is 7.94. The van der Waals surface area contributed by atoms with Crippen LogP contribution in [0.4, 0.5) is 4.39 Å². The Hall–Kier alpha value is -2.64. The molecule has 28 heavy (non-hydrogen) atoms. The second kappa shape index (κ2) is 11.9. The first-order chi connectivity index (χ1) is 13.6. The molecule has 1 aliphatic heterocycles. The molecule has 0 unspecified atom stereocenters. The van der Waals surface area contributed by atoms with Gasteiger partial charge in [-0.2, -0.15) is 0 Å². The lowest BCUT2D eigenvalue weighted by Gasteiger charge is -2.15. The van der Waals surface area contributed by atoms with Gasteiger partial charge in [-0.25, -0.2) is 4.39 Å². The van der Waals surface area contributed by atoms with Crippen LogP contribution in [-0.4, -0.2) is 61.9 Å². The van der Waals surface area contributed by atoms with Crippen LogP contribution in [0, 0.1) is 5.82 Å². The Kier molecular flexibility index (Phi) is 9.24. The normalized spacial score (nSPS) is 14.3. The van der Waals surface area contributed by atoms with Crippen LogP contribution in [0.2, 0.25) is 0 Å². The number of aliphatic imine (C=N–C) groups is 1. The third-order valence-electron chi connectivity index (χ3n) is 4.39. The van der Waals surface area contributed by atoms with E-state index >= 15 is 0 Å². The van der Waals surface area contributed by atoms with E-state index < -0.39 is 0 Å². The number of amides is 2. The van der Waals surface area contributed by atoms with Crippen LogP contribution in [0.1, 0.15) is 31.7 Å². The molecule has 0 radical (unpaired) electrons. The average molecular weight is 391 g/mol. The van der Waals surface area contributed by atoms with Crippen molar-refractivity contribution in [3.05, 3.63) is 35.6 Å². The monoisotopic (exact) mass is 391 g/mol. The molecule has 2 amide bonds. The number of nitrogens with zero attached hydrogens (tertiary/aromatic N) is 2. The van der Waals surface area contributed by atoms with Gasteiger partial charge in [-0.3, -0.25) is 14.6 Å². The van der Waals surface area contributed by atoms with Crippen molar-refractivity contribution in [2.45, 2.75) is 32.6 Å². The molecule has 0 spiro atoms. The molecule has 1 fully saturated rings. The largest absolute Gasteiger partial charge is 0.357 e. The lowest BCUT2D eigenvalue weighted by atomic mass is 10.1. The molecule has 2 rings (SSSR count). The van der Waals surface area contributed by atoms with E-state index in [-0.39, 0.29) is 24.1 Å². The van der Waals surface area contributed by atoms with E-state index in [0.29, 0.717) is 32.0 Å². The molecule has 0 bridgehead atoms. The molecular formula is C20H30FN5O2. The minimum Gasteiger partial charge on any atom is -0.357 e. The predicted molar refractivity (Wildman–Crippen MR) is 108 cm³/mol. The van der Waals surface area contributed by atoms with Gasteiger partial charge >= 0.3 is 0 Å². The molecule has 0 atom stereocenters. The molecule has 1 aromatic rings. The van der Waals surface area contributed by atoms with Crippen LogP contribution < -0.4 is 16.0 Å². The van der Waals surface area contributed by atoms with Crippen LogP contribution in [-0.2, 0) is 16.0 Å². The molecule has 1 saturated heterocycles. The van der Waals surface area contributed by atoms with E-state index in [1.165, 1.54) is 12.1 Å². The van der Waals surface area contributed by atoms with E-state index in [1.807, 2.05) is 11.8 Å². The van der Waals surface area contributed by atoms with Crippen molar-refractivity contribution in [1.29, 1.82) is 0 Å². The predicted octanol–water partition coefficient (Wildman–Crippen LogP) is 1.05. The highest BCUT2D eigenvalue weighted by Crippen LogP contribution is 2.09. The minimum atomic E-state index is -0.310. The van der Waals surface area contributed by atoms with Crippen LogP contribution in [0.5, 0.6) is 0 Å². The van der Waals surface area contributed by atoms with Gasteiger partial charge in [-0.05, 0) is 37.5 Å². The van der Waals surface area contributed by atoms with E-state index in [2.05, 4.69) is 20.9 Å². The first kappa shape index (κ1) is 21.7. The van der Waals surface area contributed by atoms with Crippen molar-refractivity contribution >= 4 is 17.8 Å². The average Bonchev–Trinajstić information content (AvgIpc) is 3.09. The van der Waals surface area contributed by atoms with Gasteiger partial charge in [0, 0.05) is 45.7 Å².